The number of alkyl halides is 3. The number of nitrogens with zero attached hydrogens (tertiary/aromatic N) is 7. The van der Waals surface area contributed by atoms with Gasteiger partial charge in [0.15, 0.2) is 41.2 Å². The summed E-state index contributed by atoms with van der Waals surface area (Å²) in [7, 11) is 1.42. The number of aliphatic hydroxyl groups is 1. The maximum Gasteiger partial charge on any atom is 0.416 e. The Morgan fingerprint density at radius 1 is 1.18 bits per heavy atom. The molecule has 0 aliphatic carbocycles. The van der Waals surface area contributed by atoms with Gasteiger partial charge in [0.25, 0.3) is 0 Å². The molecule has 1 aromatic carbocycles. The van der Waals surface area contributed by atoms with Crippen molar-refractivity contribution in [2.24, 2.45) is 0 Å². The van der Waals surface area contributed by atoms with Crippen molar-refractivity contribution in [3.05, 3.63) is 69.8 Å². The molecule has 0 aliphatic rings. The number of hydrogen-bond acceptors (Lipinski definition) is 9. The molecule has 4 rings (SSSR count). The quantitative estimate of drug-likeness (QED) is 0.295. The van der Waals surface area contributed by atoms with Crippen LogP contribution in [0.5, 0.6) is 5.75 Å². The topological polar surface area (TPSA) is 139 Å². The number of benzene rings is 1. The number of halogens is 4. The van der Waals surface area contributed by atoms with Crippen LogP contribution in [0.3, 0.4) is 0 Å². The molecule has 3 heterocycles. The third-order valence-corrected chi connectivity index (χ3v) is 5.86. The number of carbonyl (C=O) groups excluding carboxylic acids is 1. The van der Waals surface area contributed by atoms with E-state index >= 15 is 0 Å². The summed E-state index contributed by atoms with van der Waals surface area (Å²) in [5, 5.41) is 18.7. The highest BCUT2D eigenvalue weighted by atomic mass is 35.5. The van der Waals surface area contributed by atoms with Crippen molar-refractivity contribution in [2.75, 3.05) is 7.11 Å². The first-order valence-corrected chi connectivity index (χ1v) is 12.1. The molecule has 212 valence electrons. The van der Waals surface area contributed by atoms with E-state index in [1.165, 1.54) is 49.2 Å². The normalized spacial score (nSPS) is 13.2. The third-order valence-electron chi connectivity index (χ3n) is 5.60. The Hall–Kier alpha value is -4.24. The van der Waals surface area contributed by atoms with E-state index in [1.54, 1.807) is 19.1 Å². The Balaban J connectivity index is 1.80. The van der Waals surface area contributed by atoms with E-state index in [0.29, 0.717) is 15.3 Å². The molecule has 0 radical (unpaired) electrons. The van der Waals surface area contributed by atoms with Crippen LogP contribution in [0.1, 0.15) is 31.6 Å². The second-order valence-corrected chi connectivity index (χ2v) is 8.95. The molecular formula is C24H23ClF3N7O5. The van der Waals surface area contributed by atoms with Crippen molar-refractivity contribution < 1.29 is 32.5 Å². The SMILES string of the molecule is COc1cccnc1-n1nc(Cn2nc(-c3ccc(Cl)cc3)n(CC(O)C(F)(F)F)c2=O)nc1C(C)OC(C)=O. The minimum absolute atomic E-state index is 0.00693. The molecule has 0 fully saturated rings. The van der Waals surface area contributed by atoms with Gasteiger partial charge in [-0.15, -0.1) is 10.2 Å². The Bertz CT molecular complexity index is 1570. The Kier molecular flexibility index (Phi) is 8.25. The molecule has 0 aliphatic heterocycles. The number of ether oxygens (including phenoxy) is 2. The van der Waals surface area contributed by atoms with E-state index in [2.05, 4.69) is 20.2 Å². The zero-order chi connectivity index (χ0) is 29.2. The molecule has 0 saturated carbocycles. The lowest BCUT2D eigenvalue weighted by molar-refractivity contribution is -0.207. The minimum atomic E-state index is -4.97. The number of hydrogen-bond donors (Lipinski definition) is 1. The van der Waals surface area contributed by atoms with Gasteiger partial charge in [-0.2, -0.15) is 17.9 Å². The van der Waals surface area contributed by atoms with E-state index in [9.17, 15) is 27.9 Å². The molecule has 2 atom stereocenters. The lowest BCUT2D eigenvalue weighted by atomic mass is 10.2. The summed E-state index contributed by atoms with van der Waals surface area (Å²) in [5.41, 5.74) is -0.662. The summed E-state index contributed by atoms with van der Waals surface area (Å²) < 4.78 is 52.9. The highest BCUT2D eigenvalue weighted by molar-refractivity contribution is 6.30. The van der Waals surface area contributed by atoms with Crippen LogP contribution >= 0.6 is 11.6 Å². The minimum Gasteiger partial charge on any atom is -0.493 e. The largest absolute Gasteiger partial charge is 0.493 e. The van der Waals surface area contributed by atoms with Crippen molar-refractivity contribution in [1.29, 1.82) is 0 Å². The summed E-state index contributed by atoms with van der Waals surface area (Å²) in [6.07, 6.45) is -7.20. The number of aromatic nitrogens is 7. The lowest BCUT2D eigenvalue weighted by Crippen LogP contribution is -2.37. The Labute approximate surface area is 229 Å². The highest BCUT2D eigenvalue weighted by Gasteiger charge is 2.39. The Morgan fingerprint density at radius 3 is 2.50 bits per heavy atom. The van der Waals surface area contributed by atoms with Crippen LogP contribution in [0.25, 0.3) is 17.2 Å². The van der Waals surface area contributed by atoms with Gasteiger partial charge in [0.2, 0.25) is 0 Å². The molecule has 2 unspecified atom stereocenters. The molecule has 40 heavy (non-hydrogen) atoms. The molecule has 3 aromatic heterocycles. The van der Waals surface area contributed by atoms with Crippen LogP contribution in [-0.4, -0.2) is 64.6 Å². The van der Waals surface area contributed by atoms with Gasteiger partial charge in [-0.3, -0.25) is 9.36 Å². The first kappa shape index (κ1) is 28.8. The van der Waals surface area contributed by atoms with Gasteiger partial charge in [-0.25, -0.2) is 19.4 Å². The number of methoxy groups -OCH3 is 1. The van der Waals surface area contributed by atoms with Crippen molar-refractivity contribution >= 4 is 17.6 Å². The second-order valence-electron chi connectivity index (χ2n) is 8.52. The summed E-state index contributed by atoms with van der Waals surface area (Å²) in [5.74, 6) is -0.0344. The maximum absolute atomic E-state index is 13.2. The van der Waals surface area contributed by atoms with Gasteiger partial charge >= 0.3 is 17.8 Å². The van der Waals surface area contributed by atoms with E-state index in [-0.39, 0.29) is 35.4 Å². The fourth-order valence-corrected chi connectivity index (χ4v) is 3.91. The van der Waals surface area contributed by atoms with Crippen molar-refractivity contribution in [2.45, 2.75) is 45.3 Å². The smallest absolute Gasteiger partial charge is 0.416 e. The molecular weight excluding hydrogens is 559 g/mol. The van der Waals surface area contributed by atoms with Crippen LogP contribution in [0.15, 0.2) is 47.4 Å². The van der Waals surface area contributed by atoms with E-state index in [0.717, 1.165) is 4.68 Å². The molecule has 0 bridgehead atoms. The van der Waals surface area contributed by atoms with Crippen LogP contribution in [-0.2, 0) is 22.6 Å². The average Bonchev–Trinajstić information content (AvgIpc) is 3.45. The fourth-order valence-electron chi connectivity index (χ4n) is 3.79. The van der Waals surface area contributed by atoms with Gasteiger partial charge in [-0.1, -0.05) is 11.6 Å². The van der Waals surface area contributed by atoms with Crippen molar-refractivity contribution in [3.63, 3.8) is 0 Å². The number of aliphatic hydroxyl groups excluding tert-OH is 1. The maximum atomic E-state index is 13.2. The Morgan fingerprint density at radius 2 is 1.88 bits per heavy atom. The summed E-state index contributed by atoms with van der Waals surface area (Å²) >= 11 is 5.93. The zero-order valence-electron chi connectivity index (χ0n) is 21.3. The third kappa shape index (κ3) is 6.15. The predicted molar refractivity (Wildman–Crippen MR) is 134 cm³/mol. The fraction of sp³-hybridized carbons (Fsp3) is 0.333. The lowest BCUT2D eigenvalue weighted by Gasteiger charge is -2.15. The molecule has 4 aromatic rings. The molecule has 0 amide bonds. The van der Waals surface area contributed by atoms with Gasteiger partial charge in [0, 0.05) is 23.7 Å². The first-order chi connectivity index (χ1) is 18.9. The van der Waals surface area contributed by atoms with E-state index < -0.39 is 36.6 Å². The predicted octanol–water partition coefficient (Wildman–Crippen LogP) is 2.95. The molecule has 0 spiro atoms. The zero-order valence-corrected chi connectivity index (χ0v) is 22.1. The second kappa shape index (κ2) is 11.5. The summed E-state index contributed by atoms with van der Waals surface area (Å²) in [6.45, 7) is 1.30. The standard InChI is InChI=1S/C24H23ClF3N7O5/c1-13(40-14(2)36)20-30-19(31-35(20)22-17(39-3)5-4-10-29-22)12-34-23(38)33(11-18(37)24(26,27)28)21(32-34)15-6-8-16(25)9-7-15/h4-10,13,18,37H,11-12H2,1-3H3. The number of esters is 1. The number of carbonyl (C=O) groups is 1. The monoisotopic (exact) mass is 581 g/mol. The van der Waals surface area contributed by atoms with E-state index in [1.807, 2.05) is 0 Å². The number of rotatable bonds is 9. The molecule has 0 saturated heterocycles. The van der Waals surface area contributed by atoms with Gasteiger partial charge < -0.3 is 14.6 Å². The van der Waals surface area contributed by atoms with Crippen molar-refractivity contribution in [1.82, 2.24) is 34.1 Å². The van der Waals surface area contributed by atoms with Crippen molar-refractivity contribution in [3.8, 4) is 23.0 Å². The summed E-state index contributed by atoms with van der Waals surface area (Å²) in [4.78, 5) is 33.5. The van der Waals surface area contributed by atoms with Crippen LogP contribution in [0, 0.1) is 0 Å². The van der Waals surface area contributed by atoms with Crippen LogP contribution < -0.4 is 10.4 Å². The van der Waals surface area contributed by atoms with Crippen LogP contribution in [0.4, 0.5) is 13.2 Å². The van der Waals surface area contributed by atoms with Gasteiger partial charge in [-0.05, 0) is 43.3 Å². The first-order valence-electron chi connectivity index (χ1n) is 11.7. The summed E-state index contributed by atoms with van der Waals surface area (Å²) in [6, 6.07) is 9.18. The van der Waals surface area contributed by atoms with Gasteiger partial charge in [0.1, 0.15) is 6.54 Å². The molecule has 16 heteroatoms. The van der Waals surface area contributed by atoms with Gasteiger partial charge in [0.05, 0.1) is 13.7 Å². The molecule has 12 nitrogen and oxygen atoms in total. The highest BCUT2D eigenvalue weighted by Crippen LogP contribution is 2.26. The average molecular weight is 582 g/mol. The van der Waals surface area contributed by atoms with Crippen LogP contribution in [0.2, 0.25) is 5.02 Å². The molecule has 1 N–H and O–H groups in total. The number of pyridine rings is 1. The van der Waals surface area contributed by atoms with E-state index in [4.69, 9.17) is 21.1 Å².